The van der Waals surface area contributed by atoms with Crippen LogP contribution in [0.15, 0.2) is 18.3 Å². The Morgan fingerprint density at radius 1 is 1.12 bits per heavy atom. The zero-order valence-corrected chi connectivity index (χ0v) is 14.8. The normalized spacial score (nSPS) is 19.7. The fourth-order valence-electron chi connectivity index (χ4n) is 3.27. The van der Waals surface area contributed by atoms with Gasteiger partial charge in [0.05, 0.1) is 11.3 Å². The molecule has 0 unspecified atom stereocenters. The van der Waals surface area contributed by atoms with Crippen LogP contribution in [-0.2, 0) is 10.0 Å². The molecule has 1 aromatic heterocycles. The lowest BCUT2D eigenvalue weighted by molar-refractivity contribution is 0.0698. The van der Waals surface area contributed by atoms with Crippen LogP contribution in [0.2, 0.25) is 0 Å². The zero-order valence-electron chi connectivity index (χ0n) is 14.0. The summed E-state index contributed by atoms with van der Waals surface area (Å²) < 4.78 is 25.3. The van der Waals surface area contributed by atoms with Crippen LogP contribution in [0.5, 0.6) is 0 Å². The lowest BCUT2D eigenvalue weighted by Gasteiger charge is -2.34. The number of carbonyl (C=O) groups is 1. The SMILES string of the molecule is CCS(=O)(=O)N1CCN(C(=O)c2cccnc2N2CCCC2)CC1. The van der Waals surface area contributed by atoms with E-state index in [0.717, 1.165) is 31.7 Å². The number of rotatable bonds is 4. The molecule has 3 heterocycles. The predicted octanol–water partition coefficient (Wildman–Crippen LogP) is 0.789. The molecule has 0 aromatic carbocycles. The third-order valence-electron chi connectivity index (χ3n) is 4.71. The molecule has 0 aliphatic carbocycles. The number of nitrogens with zero attached hydrogens (tertiary/aromatic N) is 4. The molecule has 8 heteroatoms. The van der Waals surface area contributed by atoms with Gasteiger partial charge in [-0.05, 0) is 31.9 Å². The maximum Gasteiger partial charge on any atom is 0.257 e. The van der Waals surface area contributed by atoms with Crippen LogP contribution in [0.4, 0.5) is 5.82 Å². The monoisotopic (exact) mass is 352 g/mol. The van der Waals surface area contributed by atoms with Crippen molar-refractivity contribution in [1.82, 2.24) is 14.2 Å². The summed E-state index contributed by atoms with van der Waals surface area (Å²) in [5.41, 5.74) is 0.617. The largest absolute Gasteiger partial charge is 0.356 e. The van der Waals surface area contributed by atoms with Crippen molar-refractivity contribution in [3.63, 3.8) is 0 Å². The van der Waals surface area contributed by atoms with E-state index in [4.69, 9.17) is 0 Å². The van der Waals surface area contributed by atoms with Crippen molar-refractivity contribution in [3.8, 4) is 0 Å². The Morgan fingerprint density at radius 3 is 2.42 bits per heavy atom. The van der Waals surface area contributed by atoms with E-state index in [9.17, 15) is 13.2 Å². The van der Waals surface area contributed by atoms with Crippen molar-refractivity contribution in [2.75, 3.05) is 49.9 Å². The number of anilines is 1. The van der Waals surface area contributed by atoms with E-state index in [1.54, 1.807) is 24.1 Å². The molecule has 2 aliphatic heterocycles. The van der Waals surface area contributed by atoms with Crippen molar-refractivity contribution >= 4 is 21.7 Å². The van der Waals surface area contributed by atoms with Crippen LogP contribution in [0.25, 0.3) is 0 Å². The number of hydrogen-bond donors (Lipinski definition) is 0. The van der Waals surface area contributed by atoms with Crippen LogP contribution in [-0.4, -0.2) is 73.5 Å². The van der Waals surface area contributed by atoms with Crippen LogP contribution in [0.3, 0.4) is 0 Å². The molecule has 7 nitrogen and oxygen atoms in total. The van der Waals surface area contributed by atoms with Gasteiger partial charge in [-0.2, -0.15) is 4.31 Å². The molecule has 1 amide bonds. The summed E-state index contributed by atoms with van der Waals surface area (Å²) in [6.07, 6.45) is 3.96. The summed E-state index contributed by atoms with van der Waals surface area (Å²) in [7, 11) is -3.18. The highest BCUT2D eigenvalue weighted by molar-refractivity contribution is 7.89. The number of pyridine rings is 1. The van der Waals surface area contributed by atoms with E-state index >= 15 is 0 Å². The standard InChI is InChI=1S/C16H24N4O3S/c1-2-24(22,23)20-12-10-19(11-13-20)16(21)14-6-5-7-17-15(14)18-8-3-4-9-18/h5-7H,2-4,8-13H2,1H3. The first-order chi connectivity index (χ1) is 11.5. The van der Waals surface area contributed by atoms with Gasteiger partial charge in [0.25, 0.3) is 5.91 Å². The molecule has 0 N–H and O–H groups in total. The second-order valence-electron chi connectivity index (χ2n) is 6.16. The molecule has 2 fully saturated rings. The Balaban J connectivity index is 1.72. The Labute approximate surface area is 143 Å². The molecule has 0 spiro atoms. The Bertz CT molecular complexity index is 693. The van der Waals surface area contributed by atoms with E-state index in [2.05, 4.69) is 9.88 Å². The maximum atomic E-state index is 12.9. The van der Waals surface area contributed by atoms with E-state index in [0.29, 0.717) is 31.7 Å². The van der Waals surface area contributed by atoms with Crippen molar-refractivity contribution in [3.05, 3.63) is 23.9 Å². The molecule has 132 valence electrons. The minimum absolute atomic E-state index is 0.0569. The highest BCUT2D eigenvalue weighted by Gasteiger charge is 2.30. The molecular weight excluding hydrogens is 328 g/mol. The lowest BCUT2D eigenvalue weighted by Crippen LogP contribution is -2.51. The summed E-state index contributed by atoms with van der Waals surface area (Å²) in [5.74, 6) is 0.796. The Hall–Kier alpha value is -1.67. The molecule has 0 bridgehead atoms. The summed E-state index contributed by atoms with van der Waals surface area (Å²) in [6, 6.07) is 3.60. The third-order valence-corrected chi connectivity index (χ3v) is 6.59. The minimum Gasteiger partial charge on any atom is -0.356 e. The Kier molecular flexibility index (Phi) is 5.05. The summed E-state index contributed by atoms with van der Waals surface area (Å²) in [6.45, 7) is 5.08. The number of hydrogen-bond acceptors (Lipinski definition) is 5. The first-order valence-electron chi connectivity index (χ1n) is 8.50. The molecule has 24 heavy (non-hydrogen) atoms. The third kappa shape index (κ3) is 3.39. The number of piperazine rings is 1. The van der Waals surface area contributed by atoms with Gasteiger partial charge in [-0.1, -0.05) is 0 Å². The summed E-state index contributed by atoms with van der Waals surface area (Å²) >= 11 is 0. The summed E-state index contributed by atoms with van der Waals surface area (Å²) in [4.78, 5) is 21.2. The molecule has 0 radical (unpaired) electrons. The number of carbonyl (C=O) groups excluding carboxylic acids is 1. The van der Waals surface area contributed by atoms with Gasteiger partial charge < -0.3 is 9.80 Å². The quantitative estimate of drug-likeness (QED) is 0.801. The average molecular weight is 352 g/mol. The van der Waals surface area contributed by atoms with E-state index in [1.165, 1.54) is 4.31 Å². The van der Waals surface area contributed by atoms with Crippen molar-refractivity contribution in [2.24, 2.45) is 0 Å². The minimum atomic E-state index is -3.18. The van der Waals surface area contributed by atoms with Gasteiger partial charge in [0, 0.05) is 45.5 Å². The van der Waals surface area contributed by atoms with Gasteiger partial charge in [-0.3, -0.25) is 4.79 Å². The van der Waals surface area contributed by atoms with Gasteiger partial charge in [-0.15, -0.1) is 0 Å². The fourth-order valence-corrected chi connectivity index (χ4v) is 4.35. The number of amides is 1. The average Bonchev–Trinajstić information content (AvgIpc) is 3.16. The predicted molar refractivity (Wildman–Crippen MR) is 92.6 cm³/mol. The molecule has 0 saturated carbocycles. The second-order valence-corrected chi connectivity index (χ2v) is 8.42. The fraction of sp³-hybridized carbons (Fsp3) is 0.625. The van der Waals surface area contributed by atoms with Crippen LogP contribution < -0.4 is 4.90 Å². The van der Waals surface area contributed by atoms with Crippen molar-refractivity contribution in [2.45, 2.75) is 19.8 Å². The lowest BCUT2D eigenvalue weighted by atomic mass is 10.2. The van der Waals surface area contributed by atoms with Crippen molar-refractivity contribution < 1.29 is 13.2 Å². The van der Waals surface area contributed by atoms with Gasteiger partial charge in [0.1, 0.15) is 5.82 Å². The number of sulfonamides is 1. The molecule has 1 aromatic rings. The molecule has 2 aliphatic rings. The first-order valence-corrected chi connectivity index (χ1v) is 10.1. The number of aromatic nitrogens is 1. The van der Waals surface area contributed by atoms with Crippen LogP contribution >= 0.6 is 0 Å². The first kappa shape index (κ1) is 17.2. The van der Waals surface area contributed by atoms with E-state index in [-0.39, 0.29) is 11.7 Å². The van der Waals surface area contributed by atoms with Crippen molar-refractivity contribution in [1.29, 1.82) is 0 Å². The van der Waals surface area contributed by atoms with Gasteiger partial charge >= 0.3 is 0 Å². The van der Waals surface area contributed by atoms with E-state index in [1.807, 2.05) is 6.07 Å². The summed E-state index contributed by atoms with van der Waals surface area (Å²) in [5, 5.41) is 0. The molecule has 0 atom stereocenters. The second kappa shape index (κ2) is 7.06. The zero-order chi connectivity index (χ0) is 17.2. The van der Waals surface area contributed by atoms with Gasteiger partial charge in [0.2, 0.25) is 10.0 Å². The van der Waals surface area contributed by atoms with Gasteiger partial charge in [-0.25, -0.2) is 13.4 Å². The maximum absolute atomic E-state index is 12.9. The smallest absolute Gasteiger partial charge is 0.257 e. The highest BCUT2D eigenvalue weighted by Crippen LogP contribution is 2.23. The molecular formula is C16H24N4O3S. The highest BCUT2D eigenvalue weighted by atomic mass is 32.2. The molecule has 3 rings (SSSR count). The molecule has 2 saturated heterocycles. The van der Waals surface area contributed by atoms with Gasteiger partial charge in [0.15, 0.2) is 0 Å². The van der Waals surface area contributed by atoms with Crippen LogP contribution in [0, 0.1) is 0 Å². The topological polar surface area (TPSA) is 73.8 Å². The Morgan fingerprint density at radius 2 is 1.79 bits per heavy atom. The van der Waals surface area contributed by atoms with Crippen LogP contribution in [0.1, 0.15) is 30.1 Å². The van der Waals surface area contributed by atoms with E-state index < -0.39 is 10.0 Å².